The van der Waals surface area contributed by atoms with Gasteiger partial charge in [-0.2, -0.15) is 4.31 Å². The average molecular weight is 394 g/mol. The van der Waals surface area contributed by atoms with E-state index in [1.54, 1.807) is 23.6 Å². The summed E-state index contributed by atoms with van der Waals surface area (Å²) in [6, 6.07) is 7.27. The third-order valence-electron chi connectivity index (χ3n) is 3.99. The van der Waals surface area contributed by atoms with Gasteiger partial charge in [0.1, 0.15) is 6.04 Å². The van der Waals surface area contributed by atoms with Gasteiger partial charge in [-0.1, -0.05) is 18.2 Å². The molecule has 1 aromatic heterocycles. The van der Waals surface area contributed by atoms with Crippen molar-refractivity contribution in [3.05, 3.63) is 41.4 Å². The Kier molecular flexibility index (Phi) is 5.35. The molecule has 0 spiro atoms. The van der Waals surface area contributed by atoms with Gasteiger partial charge in [0.15, 0.2) is 5.13 Å². The van der Waals surface area contributed by atoms with Crippen molar-refractivity contribution < 1.29 is 18.0 Å². The molecule has 0 saturated carbocycles. The number of primary amides is 1. The molecule has 3 rings (SSSR count). The van der Waals surface area contributed by atoms with E-state index in [9.17, 15) is 18.0 Å². The summed E-state index contributed by atoms with van der Waals surface area (Å²) in [4.78, 5) is 27.8. The molecule has 1 fully saturated rings. The number of nitrogens with two attached hydrogens (primary N) is 1. The molecule has 10 heteroatoms. The van der Waals surface area contributed by atoms with Gasteiger partial charge in [0, 0.05) is 11.9 Å². The maximum absolute atomic E-state index is 12.8. The third-order valence-corrected chi connectivity index (χ3v) is 6.72. The van der Waals surface area contributed by atoms with Crippen LogP contribution in [0.25, 0.3) is 0 Å². The molecule has 8 nitrogen and oxygen atoms in total. The molecule has 0 radical (unpaired) electrons. The van der Waals surface area contributed by atoms with Crippen LogP contribution in [0.5, 0.6) is 0 Å². The minimum atomic E-state index is -3.74. The van der Waals surface area contributed by atoms with E-state index in [2.05, 4.69) is 10.3 Å². The highest BCUT2D eigenvalue weighted by molar-refractivity contribution is 7.89. The molecular formula is C16H18N4O4S2. The molecule has 26 heavy (non-hydrogen) atoms. The van der Waals surface area contributed by atoms with Crippen LogP contribution >= 0.6 is 11.3 Å². The molecule has 2 amide bonds. The van der Waals surface area contributed by atoms with Crippen LogP contribution in [0.1, 0.15) is 18.5 Å². The van der Waals surface area contributed by atoms with Gasteiger partial charge in [0.05, 0.1) is 17.0 Å². The van der Waals surface area contributed by atoms with Crippen molar-refractivity contribution in [3.8, 4) is 0 Å². The summed E-state index contributed by atoms with van der Waals surface area (Å²) in [5.41, 5.74) is 5.59. The molecule has 1 atom stereocenters. The molecule has 2 heterocycles. The normalized spacial score (nSPS) is 17.9. The molecule has 0 bridgehead atoms. The van der Waals surface area contributed by atoms with Gasteiger partial charge in [-0.15, -0.1) is 11.3 Å². The van der Waals surface area contributed by atoms with Gasteiger partial charge in [0.25, 0.3) is 0 Å². The fourth-order valence-electron chi connectivity index (χ4n) is 2.83. The molecule has 1 saturated heterocycles. The number of aromatic nitrogens is 1. The van der Waals surface area contributed by atoms with E-state index in [1.807, 2.05) is 0 Å². The fourth-order valence-corrected chi connectivity index (χ4v) is 5.22. The minimum absolute atomic E-state index is 0.00961. The van der Waals surface area contributed by atoms with Crippen LogP contribution in [0.4, 0.5) is 5.13 Å². The lowest BCUT2D eigenvalue weighted by molar-refractivity contribution is -0.119. The summed E-state index contributed by atoms with van der Waals surface area (Å²) in [6.07, 6.45) is 1.04. The van der Waals surface area contributed by atoms with Gasteiger partial charge in [-0.3, -0.25) is 9.59 Å². The Hall–Kier alpha value is -2.30. The molecular weight excluding hydrogens is 376 g/mol. The first-order valence-electron chi connectivity index (χ1n) is 7.98. The Morgan fingerprint density at radius 1 is 1.31 bits per heavy atom. The fraction of sp³-hybridized carbons (Fsp3) is 0.312. The highest BCUT2D eigenvalue weighted by Gasteiger charge is 2.39. The monoisotopic (exact) mass is 394 g/mol. The molecule has 138 valence electrons. The topological polar surface area (TPSA) is 122 Å². The van der Waals surface area contributed by atoms with Crippen molar-refractivity contribution in [2.45, 2.75) is 30.2 Å². The number of sulfonamides is 1. The number of anilines is 1. The van der Waals surface area contributed by atoms with E-state index in [4.69, 9.17) is 5.73 Å². The second-order valence-corrected chi connectivity index (χ2v) is 8.61. The number of nitrogens with one attached hydrogen (secondary N) is 1. The quantitative estimate of drug-likeness (QED) is 0.756. The lowest BCUT2D eigenvalue weighted by Gasteiger charge is -2.23. The van der Waals surface area contributed by atoms with Crippen LogP contribution in [-0.2, 0) is 26.0 Å². The van der Waals surface area contributed by atoms with E-state index in [1.165, 1.54) is 16.4 Å². The lowest BCUT2D eigenvalue weighted by Crippen LogP contribution is -2.43. The highest BCUT2D eigenvalue weighted by atomic mass is 32.2. The summed E-state index contributed by atoms with van der Waals surface area (Å²) >= 11 is 1.16. The van der Waals surface area contributed by atoms with E-state index in [0.717, 1.165) is 11.3 Å². The van der Waals surface area contributed by atoms with Gasteiger partial charge >= 0.3 is 0 Å². The standard InChI is InChI=1S/C16H18N4O4S2/c17-14(21)9-11-10-25-16(18-11)19-15(22)13-7-4-8-20(13)26(23,24)12-5-2-1-3-6-12/h1-3,5-6,10,13H,4,7-9H2,(H2,17,21)(H,18,19,22)/t13-/m1/s1. The Balaban J connectivity index is 1.74. The number of rotatable bonds is 6. The molecule has 3 N–H and O–H groups in total. The van der Waals surface area contributed by atoms with Crippen molar-refractivity contribution in [3.63, 3.8) is 0 Å². The van der Waals surface area contributed by atoms with Crippen molar-refractivity contribution in [2.24, 2.45) is 5.73 Å². The van der Waals surface area contributed by atoms with Crippen molar-refractivity contribution >= 4 is 38.3 Å². The first kappa shape index (κ1) is 18.5. The van der Waals surface area contributed by atoms with Crippen LogP contribution in [0, 0.1) is 0 Å². The number of hydrogen-bond donors (Lipinski definition) is 2. The van der Waals surface area contributed by atoms with E-state index < -0.39 is 27.9 Å². The number of hydrogen-bond acceptors (Lipinski definition) is 6. The van der Waals surface area contributed by atoms with Crippen LogP contribution in [0.2, 0.25) is 0 Å². The van der Waals surface area contributed by atoms with Crippen LogP contribution in [0.3, 0.4) is 0 Å². The van der Waals surface area contributed by atoms with E-state index >= 15 is 0 Å². The van der Waals surface area contributed by atoms with Crippen LogP contribution in [-0.4, -0.2) is 42.1 Å². The number of carbonyl (C=O) groups is 2. The predicted molar refractivity (Wildman–Crippen MR) is 97.0 cm³/mol. The third kappa shape index (κ3) is 3.92. The maximum atomic E-state index is 12.8. The second kappa shape index (κ2) is 7.52. The van der Waals surface area contributed by atoms with Crippen molar-refractivity contribution in [1.29, 1.82) is 0 Å². The SMILES string of the molecule is NC(=O)Cc1csc(NC(=O)[C@H]2CCCN2S(=O)(=O)c2ccccc2)n1. The highest BCUT2D eigenvalue weighted by Crippen LogP contribution is 2.27. The summed E-state index contributed by atoms with van der Waals surface area (Å²) in [5, 5.41) is 4.59. The van der Waals surface area contributed by atoms with E-state index in [-0.39, 0.29) is 11.3 Å². The maximum Gasteiger partial charge on any atom is 0.244 e. The molecule has 0 aliphatic carbocycles. The molecule has 0 unspecified atom stereocenters. The zero-order valence-electron chi connectivity index (χ0n) is 13.8. The summed E-state index contributed by atoms with van der Waals surface area (Å²) in [7, 11) is -3.74. The minimum Gasteiger partial charge on any atom is -0.369 e. The predicted octanol–water partition coefficient (Wildman–Crippen LogP) is 0.963. The first-order chi connectivity index (χ1) is 12.4. The van der Waals surface area contributed by atoms with E-state index in [0.29, 0.717) is 30.2 Å². The van der Waals surface area contributed by atoms with Gasteiger partial charge < -0.3 is 11.1 Å². The first-order valence-corrected chi connectivity index (χ1v) is 10.3. The molecule has 1 aromatic carbocycles. The van der Waals surface area contributed by atoms with Crippen molar-refractivity contribution in [2.75, 3.05) is 11.9 Å². The summed E-state index contributed by atoms with van der Waals surface area (Å²) in [5.74, 6) is -0.939. The van der Waals surface area contributed by atoms with Crippen LogP contribution in [0.15, 0.2) is 40.6 Å². The van der Waals surface area contributed by atoms with Crippen molar-refractivity contribution in [1.82, 2.24) is 9.29 Å². The average Bonchev–Trinajstić information content (AvgIpc) is 3.25. The lowest BCUT2D eigenvalue weighted by atomic mass is 10.2. The zero-order chi connectivity index (χ0) is 18.7. The van der Waals surface area contributed by atoms with Gasteiger partial charge in [0.2, 0.25) is 21.8 Å². The Labute approximate surface area is 155 Å². The molecule has 1 aliphatic rings. The number of thiazole rings is 1. The Morgan fingerprint density at radius 3 is 2.73 bits per heavy atom. The number of benzene rings is 1. The number of amides is 2. The zero-order valence-corrected chi connectivity index (χ0v) is 15.4. The summed E-state index contributed by atoms with van der Waals surface area (Å²) < 4.78 is 26.8. The number of carbonyl (C=O) groups excluding carboxylic acids is 2. The Morgan fingerprint density at radius 2 is 2.04 bits per heavy atom. The van der Waals surface area contributed by atoms with Crippen LogP contribution < -0.4 is 11.1 Å². The Bertz CT molecular complexity index is 911. The number of nitrogens with zero attached hydrogens (tertiary/aromatic N) is 2. The second-order valence-electron chi connectivity index (χ2n) is 5.86. The molecule has 1 aliphatic heterocycles. The largest absolute Gasteiger partial charge is 0.369 e. The smallest absolute Gasteiger partial charge is 0.244 e. The van der Waals surface area contributed by atoms with Gasteiger partial charge in [-0.05, 0) is 25.0 Å². The van der Waals surface area contributed by atoms with Gasteiger partial charge in [-0.25, -0.2) is 13.4 Å². The molecule has 2 aromatic rings. The summed E-state index contributed by atoms with van der Waals surface area (Å²) in [6.45, 7) is 0.292.